The Labute approximate surface area is 149 Å². The summed E-state index contributed by atoms with van der Waals surface area (Å²) in [5.74, 6) is -1.14. The van der Waals surface area contributed by atoms with Crippen molar-refractivity contribution in [3.05, 3.63) is 64.1 Å². The lowest BCUT2D eigenvalue weighted by atomic mass is 10.2. The molecule has 5 nitrogen and oxygen atoms in total. The number of hydrogen-bond donors (Lipinski definition) is 0. The molecule has 126 valence electrons. The maximum atomic E-state index is 12.2. The van der Waals surface area contributed by atoms with Gasteiger partial charge in [0.25, 0.3) is 0 Å². The highest BCUT2D eigenvalue weighted by molar-refractivity contribution is 7.92. The van der Waals surface area contributed by atoms with Crippen molar-refractivity contribution in [2.24, 2.45) is 5.16 Å². The van der Waals surface area contributed by atoms with E-state index in [0.29, 0.717) is 5.02 Å². The van der Waals surface area contributed by atoms with Crippen molar-refractivity contribution in [3.63, 3.8) is 0 Å². The van der Waals surface area contributed by atoms with Crippen molar-refractivity contribution >= 4 is 44.7 Å². The first kappa shape index (κ1) is 18.4. The molecule has 0 spiro atoms. The third-order valence-electron chi connectivity index (χ3n) is 2.95. The topological polar surface area (TPSA) is 72.8 Å². The molecule has 0 amide bonds. The normalized spacial score (nSPS) is 12.0. The van der Waals surface area contributed by atoms with Crippen molar-refractivity contribution in [2.45, 2.75) is 11.8 Å². The van der Waals surface area contributed by atoms with Gasteiger partial charge in [-0.25, -0.2) is 13.2 Å². The SMILES string of the molecule is C/C(CS(=O)(=O)c1ccc(Cl)cc1)=N/OC(=O)c1ccccc1Cl. The number of carbonyl (C=O) groups excluding carboxylic acids is 1. The molecule has 0 aromatic heterocycles. The van der Waals surface area contributed by atoms with E-state index in [4.69, 9.17) is 28.0 Å². The molecule has 2 aromatic carbocycles. The molecule has 0 N–H and O–H groups in total. The number of benzene rings is 2. The zero-order valence-electron chi connectivity index (χ0n) is 12.6. The lowest BCUT2D eigenvalue weighted by molar-refractivity contribution is 0.0516. The number of halogens is 2. The Morgan fingerprint density at radius 1 is 1.08 bits per heavy atom. The van der Waals surface area contributed by atoms with Crippen LogP contribution in [-0.4, -0.2) is 25.9 Å². The van der Waals surface area contributed by atoms with Gasteiger partial charge in [-0.2, -0.15) is 0 Å². The number of oxime groups is 1. The highest BCUT2D eigenvalue weighted by Gasteiger charge is 2.17. The highest BCUT2D eigenvalue weighted by atomic mass is 35.5. The molecule has 0 aliphatic rings. The summed E-state index contributed by atoms with van der Waals surface area (Å²) in [6.07, 6.45) is 0. The molecule has 0 radical (unpaired) electrons. The van der Waals surface area contributed by atoms with E-state index in [1.54, 1.807) is 18.2 Å². The average molecular weight is 386 g/mol. The molecule has 0 aliphatic heterocycles. The van der Waals surface area contributed by atoms with Crippen LogP contribution in [0.15, 0.2) is 58.6 Å². The Balaban J connectivity index is 2.07. The largest absolute Gasteiger partial charge is 0.367 e. The van der Waals surface area contributed by atoms with Crippen LogP contribution in [0.4, 0.5) is 0 Å². The predicted molar refractivity (Wildman–Crippen MR) is 93.5 cm³/mol. The number of carbonyl (C=O) groups is 1. The molecule has 0 aliphatic carbocycles. The number of rotatable bonds is 5. The number of sulfone groups is 1. The van der Waals surface area contributed by atoms with Crippen LogP contribution >= 0.6 is 23.2 Å². The van der Waals surface area contributed by atoms with Crippen molar-refractivity contribution in [3.8, 4) is 0 Å². The van der Waals surface area contributed by atoms with Crippen molar-refractivity contribution in [1.82, 2.24) is 0 Å². The monoisotopic (exact) mass is 385 g/mol. The van der Waals surface area contributed by atoms with Gasteiger partial charge >= 0.3 is 5.97 Å². The van der Waals surface area contributed by atoms with E-state index in [1.165, 1.54) is 37.3 Å². The second-order valence-corrected chi connectivity index (χ2v) is 7.73. The van der Waals surface area contributed by atoms with Crippen LogP contribution in [0.1, 0.15) is 17.3 Å². The van der Waals surface area contributed by atoms with E-state index in [1.807, 2.05) is 0 Å². The summed E-state index contributed by atoms with van der Waals surface area (Å²) in [4.78, 5) is 16.7. The van der Waals surface area contributed by atoms with E-state index in [0.717, 1.165) is 0 Å². The van der Waals surface area contributed by atoms with Crippen molar-refractivity contribution < 1.29 is 18.0 Å². The van der Waals surface area contributed by atoms with Gasteiger partial charge in [-0.15, -0.1) is 0 Å². The van der Waals surface area contributed by atoms with Crippen LogP contribution in [0.25, 0.3) is 0 Å². The van der Waals surface area contributed by atoms with Gasteiger partial charge in [-0.05, 0) is 43.3 Å². The van der Waals surface area contributed by atoms with E-state index >= 15 is 0 Å². The van der Waals surface area contributed by atoms with Gasteiger partial charge in [0.2, 0.25) is 0 Å². The Morgan fingerprint density at radius 2 is 1.71 bits per heavy atom. The standard InChI is InChI=1S/C16H13Cl2NO4S/c1-11(10-24(21,22)13-8-6-12(17)7-9-13)19-23-16(20)14-4-2-3-5-15(14)18/h2-9H,10H2,1H3/b19-11-. The minimum Gasteiger partial charge on any atom is -0.313 e. The predicted octanol–water partition coefficient (Wildman–Crippen LogP) is 4.00. The Kier molecular flexibility index (Phi) is 5.99. The molecule has 8 heteroatoms. The lowest BCUT2D eigenvalue weighted by Gasteiger charge is -2.05. The van der Waals surface area contributed by atoms with Crippen LogP contribution in [-0.2, 0) is 14.7 Å². The minimum absolute atomic E-state index is 0.110. The maximum Gasteiger partial charge on any atom is 0.367 e. The molecular formula is C16H13Cl2NO4S. The molecule has 0 saturated carbocycles. The number of nitrogens with zero attached hydrogens (tertiary/aromatic N) is 1. The summed E-state index contributed by atoms with van der Waals surface area (Å²) in [6.45, 7) is 1.45. The summed E-state index contributed by atoms with van der Waals surface area (Å²) in [5, 5.41) is 4.24. The Morgan fingerprint density at radius 3 is 2.33 bits per heavy atom. The molecule has 0 bridgehead atoms. The first-order valence-corrected chi connectivity index (χ1v) is 9.18. The fourth-order valence-corrected chi connectivity index (χ4v) is 3.48. The van der Waals surface area contributed by atoms with E-state index in [2.05, 4.69) is 5.16 Å². The maximum absolute atomic E-state index is 12.2. The van der Waals surface area contributed by atoms with Crippen LogP contribution in [0, 0.1) is 0 Å². The molecule has 0 saturated heterocycles. The summed E-state index contributed by atoms with van der Waals surface area (Å²) in [5.41, 5.74) is 0.279. The minimum atomic E-state index is -3.60. The Bertz CT molecular complexity index is 877. The summed E-state index contributed by atoms with van der Waals surface area (Å²) >= 11 is 11.6. The van der Waals surface area contributed by atoms with Gasteiger partial charge in [0, 0.05) is 5.02 Å². The van der Waals surface area contributed by atoms with Gasteiger partial charge in [0.15, 0.2) is 9.84 Å². The van der Waals surface area contributed by atoms with E-state index in [-0.39, 0.29) is 26.9 Å². The first-order valence-electron chi connectivity index (χ1n) is 6.77. The molecular weight excluding hydrogens is 373 g/mol. The van der Waals surface area contributed by atoms with Gasteiger partial charge in [-0.1, -0.05) is 40.5 Å². The van der Waals surface area contributed by atoms with Gasteiger partial charge in [0.1, 0.15) is 0 Å². The molecule has 24 heavy (non-hydrogen) atoms. The van der Waals surface area contributed by atoms with Crippen LogP contribution in [0.3, 0.4) is 0 Å². The van der Waals surface area contributed by atoms with Crippen molar-refractivity contribution in [2.75, 3.05) is 5.75 Å². The first-order chi connectivity index (χ1) is 11.3. The highest BCUT2D eigenvalue weighted by Crippen LogP contribution is 2.17. The lowest BCUT2D eigenvalue weighted by Crippen LogP contribution is -2.15. The van der Waals surface area contributed by atoms with Gasteiger partial charge in [-0.3, -0.25) is 0 Å². The summed E-state index contributed by atoms with van der Waals surface area (Å²) in [7, 11) is -3.60. The second kappa shape index (κ2) is 7.79. The smallest absolute Gasteiger partial charge is 0.313 e. The molecule has 0 fully saturated rings. The Hall–Kier alpha value is -1.89. The van der Waals surface area contributed by atoms with Crippen LogP contribution in [0.2, 0.25) is 10.0 Å². The molecule has 0 atom stereocenters. The zero-order chi connectivity index (χ0) is 17.7. The molecule has 2 aromatic rings. The quantitative estimate of drug-likeness (QED) is 0.442. The molecule has 0 heterocycles. The van der Waals surface area contributed by atoms with Gasteiger partial charge in [0.05, 0.1) is 26.9 Å². The third kappa shape index (κ3) is 4.80. The van der Waals surface area contributed by atoms with Crippen molar-refractivity contribution in [1.29, 1.82) is 0 Å². The fourth-order valence-electron chi connectivity index (χ4n) is 1.82. The fraction of sp³-hybridized carbons (Fsp3) is 0.125. The van der Waals surface area contributed by atoms with Crippen LogP contribution in [0.5, 0.6) is 0 Å². The second-order valence-electron chi connectivity index (χ2n) is 4.90. The van der Waals surface area contributed by atoms with E-state index < -0.39 is 15.8 Å². The zero-order valence-corrected chi connectivity index (χ0v) is 14.9. The number of hydrogen-bond acceptors (Lipinski definition) is 5. The summed E-state index contributed by atoms with van der Waals surface area (Å²) in [6, 6.07) is 12.1. The van der Waals surface area contributed by atoms with E-state index in [9.17, 15) is 13.2 Å². The van der Waals surface area contributed by atoms with Gasteiger partial charge < -0.3 is 4.84 Å². The molecule has 0 unspecified atom stereocenters. The average Bonchev–Trinajstić information content (AvgIpc) is 2.53. The van der Waals surface area contributed by atoms with Crippen LogP contribution < -0.4 is 0 Å². The summed E-state index contributed by atoms with van der Waals surface area (Å²) < 4.78 is 24.5. The third-order valence-corrected chi connectivity index (χ3v) is 5.32. The molecule has 2 rings (SSSR count).